The number of pyridine rings is 1. The molecule has 5 nitrogen and oxygen atoms in total. The number of H-pyrrole nitrogens is 1. The van der Waals surface area contributed by atoms with Crippen LogP contribution < -0.4 is 10.9 Å². The summed E-state index contributed by atoms with van der Waals surface area (Å²) in [5.41, 5.74) is -0.168. The lowest BCUT2D eigenvalue weighted by atomic mass is 10.2. The van der Waals surface area contributed by atoms with Crippen molar-refractivity contribution in [3.8, 4) is 6.07 Å². The smallest absolute Gasteiger partial charge is 0.272 e. The second-order valence-corrected chi connectivity index (χ2v) is 3.68. The average Bonchev–Trinajstić information content (AvgIpc) is 2.40. The molecule has 0 fully saturated rings. The van der Waals surface area contributed by atoms with Gasteiger partial charge in [-0.15, -0.1) is 0 Å². The summed E-state index contributed by atoms with van der Waals surface area (Å²) >= 11 is 0. The zero-order chi connectivity index (χ0) is 13.8. The number of carbonyl (C=O) groups excluding carboxylic acids is 1. The molecular formula is C13H8FN3O2. The Bertz CT molecular complexity index is 731. The maximum absolute atomic E-state index is 12.9. The second-order valence-electron chi connectivity index (χ2n) is 3.68. The van der Waals surface area contributed by atoms with E-state index in [1.54, 1.807) is 6.07 Å². The number of benzene rings is 1. The first kappa shape index (κ1) is 12.5. The fraction of sp³-hybridized carbons (Fsp3) is 0. The molecule has 0 aliphatic heterocycles. The van der Waals surface area contributed by atoms with E-state index in [0.29, 0.717) is 0 Å². The molecule has 6 heteroatoms. The third-order valence-electron chi connectivity index (χ3n) is 2.36. The lowest BCUT2D eigenvalue weighted by molar-refractivity contribution is 0.102. The molecule has 0 atom stereocenters. The molecule has 0 aliphatic carbocycles. The zero-order valence-corrected chi connectivity index (χ0v) is 9.61. The number of hydrogen-bond donors (Lipinski definition) is 2. The van der Waals surface area contributed by atoms with E-state index in [9.17, 15) is 14.0 Å². The van der Waals surface area contributed by atoms with E-state index >= 15 is 0 Å². The van der Waals surface area contributed by atoms with Crippen LogP contribution >= 0.6 is 0 Å². The first-order valence-corrected chi connectivity index (χ1v) is 5.30. The van der Waals surface area contributed by atoms with Gasteiger partial charge in [0, 0.05) is 6.07 Å². The van der Waals surface area contributed by atoms with Gasteiger partial charge < -0.3 is 10.3 Å². The Morgan fingerprint density at radius 1 is 1.32 bits per heavy atom. The van der Waals surface area contributed by atoms with E-state index in [0.717, 1.165) is 12.1 Å². The third kappa shape index (κ3) is 2.84. The van der Waals surface area contributed by atoms with Crippen molar-refractivity contribution in [3.05, 3.63) is 63.8 Å². The molecule has 0 spiro atoms. The monoisotopic (exact) mass is 257 g/mol. The molecule has 0 radical (unpaired) electrons. The summed E-state index contributed by atoms with van der Waals surface area (Å²) in [7, 11) is 0. The first-order valence-electron chi connectivity index (χ1n) is 5.30. The molecule has 1 amide bonds. The Kier molecular flexibility index (Phi) is 3.39. The highest BCUT2D eigenvalue weighted by Crippen LogP contribution is 2.16. The highest BCUT2D eigenvalue weighted by molar-refractivity contribution is 6.03. The number of aromatic nitrogens is 1. The van der Waals surface area contributed by atoms with E-state index in [1.165, 1.54) is 24.3 Å². The number of anilines is 1. The van der Waals surface area contributed by atoms with Gasteiger partial charge in [0.1, 0.15) is 17.6 Å². The van der Waals surface area contributed by atoms with Crippen molar-refractivity contribution in [3.63, 3.8) is 0 Å². The molecule has 2 aromatic rings. The van der Waals surface area contributed by atoms with Gasteiger partial charge >= 0.3 is 0 Å². The standard InChI is InChI=1S/C13H8FN3O2/c14-9-4-5-10(8(6-9)7-15)17-13(19)11-2-1-3-12(18)16-11/h1-6H,(H,16,18)(H,17,19). The molecular weight excluding hydrogens is 249 g/mol. The lowest BCUT2D eigenvalue weighted by Crippen LogP contribution is -2.18. The van der Waals surface area contributed by atoms with Crippen molar-refractivity contribution in [2.45, 2.75) is 0 Å². The molecule has 0 bridgehead atoms. The Labute approximate surface area is 107 Å². The van der Waals surface area contributed by atoms with Crippen LogP contribution in [0.15, 0.2) is 41.2 Å². The highest BCUT2D eigenvalue weighted by Gasteiger charge is 2.10. The predicted octanol–water partition coefficient (Wildman–Crippen LogP) is 1.64. The molecule has 19 heavy (non-hydrogen) atoms. The minimum atomic E-state index is -0.583. The van der Waals surface area contributed by atoms with Crippen LogP contribution in [0.4, 0.5) is 10.1 Å². The van der Waals surface area contributed by atoms with Gasteiger partial charge in [-0.25, -0.2) is 4.39 Å². The number of nitriles is 1. The normalized spacial score (nSPS) is 9.68. The maximum Gasteiger partial charge on any atom is 0.272 e. The van der Waals surface area contributed by atoms with E-state index < -0.39 is 17.3 Å². The molecule has 94 valence electrons. The molecule has 1 aromatic heterocycles. The maximum atomic E-state index is 12.9. The minimum absolute atomic E-state index is 0.00614. The fourth-order valence-corrected chi connectivity index (χ4v) is 1.49. The number of nitrogens with one attached hydrogen (secondary N) is 2. The largest absolute Gasteiger partial charge is 0.319 e. The van der Waals surface area contributed by atoms with Crippen LogP contribution in [-0.2, 0) is 0 Å². The van der Waals surface area contributed by atoms with Crippen molar-refractivity contribution >= 4 is 11.6 Å². The molecule has 0 saturated heterocycles. The van der Waals surface area contributed by atoms with Crippen LogP contribution in [0.2, 0.25) is 0 Å². The van der Waals surface area contributed by atoms with Gasteiger partial charge in [-0.1, -0.05) is 6.07 Å². The number of carbonyl (C=O) groups is 1. The summed E-state index contributed by atoms with van der Waals surface area (Å²) in [6.07, 6.45) is 0. The van der Waals surface area contributed by atoms with Gasteiger partial charge in [-0.05, 0) is 24.3 Å². The van der Waals surface area contributed by atoms with Gasteiger partial charge in [0.2, 0.25) is 5.56 Å². The number of hydrogen-bond acceptors (Lipinski definition) is 3. The van der Waals surface area contributed by atoms with Crippen molar-refractivity contribution in [1.82, 2.24) is 4.98 Å². The molecule has 1 heterocycles. The predicted molar refractivity (Wildman–Crippen MR) is 66.1 cm³/mol. The molecule has 1 aromatic carbocycles. The van der Waals surface area contributed by atoms with E-state index in [4.69, 9.17) is 5.26 Å². The van der Waals surface area contributed by atoms with Crippen molar-refractivity contribution in [2.75, 3.05) is 5.32 Å². The van der Waals surface area contributed by atoms with Crippen molar-refractivity contribution in [2.24, 2.45) is 0 Å². The fourth-order valence-electron chi connectivity index (χ4n) is 1.49. The summed E-state index contributed by atoms with van der Waals surface area (Å²) in [4.78, 5) is 25.3. The Morgan fingerprint density at radius 2 is 2.11 bits per heavy atom. The summed E-state index contributed by atoms with van der Waals surface area (Å²) in [5, 5.41) is 11.3. The van der Waals surface area contributed by atoms with E-state index in [1.807, 2.05) is 0 Å². The molecule has 2 N–H and O–H groups in total. The van der Waals surface area contributed by atoms with Crippen LogP contribution in [0.5, 0.6) is 0 Å². The Balaban J connectivity index is 2.30. The topological polar surface area (TPSA) is 85.8 Å². The van der Waals surface area contributed by atoms with Gasteiger partial charge in [0.25, 0.3) is 5.91 Å². The SMILES string of the molecule is N#Cc1cc(F)ccc1NC(=O)c1cccc(=O)[nH]1. The molecule has 0 saturated carbocycles. The van der Waals surface area contributed by atoms with Gasteiger partial charge in [-0.3, -0.25) is 9.59 Å². The second kappa shape index (κ2) is 5.14. The van der Waals surface area contributed by atoms with E-state index in [-0.39, 0.29) is 16.9 Å². The summed E-state index contributed by atoms with van der Waals surface area (Å²) < 4.78 is 12.9. The summed E-state index contributed by atoms with van der Waals surface area (Å²) in [6, 6.07) is 9.34. The number of amides is 1. The molecule has 0 unspecified atom stereocenters. The minimum Gasteiger partial charge on any atom is -0.319 e. The van der Waals surface area contributed by atoms with Gasteiger partial charge in [0.05, 0.1) is 11.3 Å². The van der Waals surface area contributed by atoms with Crippen LogP contribution in [-0.4, -0.2) is 10.9 Å². The first-order chi connectivity index (χ1) is 9.10. The van der Waals surface area contributed by atoms with E-state index in [2.05, 4.69) is 10.3 Å². The van der Waals surface area contributed by atoms with Crippen molar-refractivity contribution < 1.29 is 9.18 Å². The third-order valence-corrected chi connectivity index (χ3v) is 2.36. The average molecular weight is 257 g/mol. The number of aromatic amines is 1. The van der Waals surface area contributed by atoms with Gasteiger partial charge in [0.15, 0.2) is 0 Å². The number of nitrogens with zero attached hydrogens (tertiary/aromatic N) is 1. The Hall–Kier alpha value is -2.94. The lowest BCUT2D eigenvalue weighted by Gasteiger charge is -2.06. The quantitative estimate of drug-likeness (QED) is 0.857. The van der Waals surface area contributed by atoms with Crippen LogP contribution in [0, 0.1) is 17.1 Å². The highest BCUT2D eigenvalue weighted by atomic mass is 19.1. The van der Waals surface area contributed by atoms with Crippen LogP contribution in [0.3, 0.4) is 0 Å². The molecule has 0 aliphatic rings. The van der Waals surface area contributed by atoms with Crippen molar-refractivity contribution in [1.29, 1.82) is 5.26 Å². The Morgan fingerprint density at radius 3 is 2.79 bits per heavy atom. The summed E-state index contributed by atoms with van der Waals surface area (Å²) in [5.74, 6) is -1.15. The number of rotatable bonds is 2. The van der Waals surface area contributed by atoms with Crippen LogP contribution in [0.1, 0.15) is 16.1 Å². The molecule has 2 rings (SSSR count). The van der Waals surface area contributed by atoms with Crippen LogP contribution in [0.25, 0.3) is 0 Å². The summed E-state index contributed by atoms with van der Waals surface area (Å²) in [6.45, 7) is 0. The number of halogens is 1. The zero-order valence-electron chi connectivity index (χ0n) is 9.61. The van der Waals surface area contributed by atoms with Gasteiger partial charge in [-0.2, -0.15) is 5.26 Å².